The molecule has 0 spiro atoms. The lowest BCUT2D eigenvalue weighted by Gasteiger charge is -2.40. The summed E-state index contributed by atoms with van der Waals surface area (Å²) in [7, 11) is 0. The minimum atomic E-state index is -0.146. The van der Waals surface area contributed by atoms with Crippen molar-refractivity contribution >= 4 is 11.6 Å². The van der Waals surface area contributed by atoms with E-state index in [0.29, 0.717) is 5.92 Å². The van der Waals surface area contributed by atoms with E-state index in [2.05, 4.69) is 4.90 Å². The highest BCUT2D eigenvalue weighted by molar-refractivity contribution is 6.20. The van der Waals surface area contributed by atoms with Crippen molar-refractivity contribution in [2.24, 2.45) is 11.8 Å². The van der Waals surface area contributed by atoms with Crippen molar-refractivity contribution in [1.29, 1.82) is 0 Å². The number of hydrogen-bond donors (Lipinski definition) is 0. The highest BCUT2D eigenvalue weighted by Crippen LogP contribution is 2.51. The molecule has 92 valence electrons. The largest absolute Gasteiger partial charge is 0.287 e. The molecule has 1 aliphatic heterocycles. The van der Waals surface area contributed by atoms with Crippen molar-refractivity contribution in [2.45, 2.75) is 24.8 Å². The summed E-state index contributed by atoms with van der Waals surface area (Å²) < 4.78 is 12.9. The molecular weight excluding hydrogens is 237 g/mol. The van der Waals surface area contributed by atoms with Gasteiger partial charge in [-0.2, -0.15) is 0 Å². The first-order valence-corrected chi connectivity index (χ1v) is 6.72. The Balaban J connectivity index is 1.71. The minimum absolute atomic E-state index is 0.134. The molecule has 1 unspecified atom stereocenters. The molecule has 3 rings (SSSR count). The van der Waals surface area contributed by atoms with E-state index in [1.54, 1.807) is 12.1 Å². The van der Waals surface area contributed by atoms with Gasteiger partial charge in [0.25, 0.3) is 0 Å². The van der Waals surface area contributed by atoms with Crippen molar-refractivity contribution in [3.05, 3.63) is 35.6 Å². The average Bonchev–Trinajstić information content (AvgIpc) is 2.60. The fraction of sp³-hybridized carbons (Fsp3) is 0.571. The van der Waals surface area contributed by atoms with Crippen LogP contribution in [0.1, 0.15) is 24.8 Å². The quantitative estimate of drug-likeness (QED) is 0.577. The van der Waals surface area contributed by atoms with Gasteiger partial charge in [-0.25, -0.2) is 4.39 Å². The average molecular weight is 254 g/mol. The molecule has 3 heteroatoms. The number of halogens is 2. The first-order chi connectivity index (χ1) is 8.15. The second kappa shape index (κ2) is 4.25. The molecule has 0 radical (unpaired) electrons. The molecule has 1 aliphatic carbocycles. The minimum Gasteiger partial charge on any atom is -0.287 e. The summed E-state index contributed by atoms with van der Waals surface area (Å²) in [6.45, 7) is 4.27. The van der Waals surface area contributed by atoms with Crippen molar-refractivity contribution in [1.82, 2.24) is 4.90 Å². The van der Waals surface area contributed by atoms with Crippen LogP contribution >= 0.6 is 11.6 Å². The Labute approximate surface area is 107 Å². The van der Waals surface area contributed by atoms with Crippen LogP contribution in [-0.4, -0.2) is 23.5 Å². The number of alkyl halides is 1. The summed E-state index contributed by atoms with van der Waals surface area (Å²) in [5, 5.41) is 0. The second-order valence-corrected chi connectivity index (χ2v) is 5.98. The number of fused-ring (bicyclic) bond motifs is 1. The molecule has 4 atom stereocenters. The van der Waals surface area contributed by atoms with Gasteiger partial charge in [0.2, 0.25) is 0 Å². The maximum atomic E-state index is 12.9. The molecule has 1 nitrogen and oxygen atoms in total. The molecule has 1 saturated heterocycles. The highest BCUT2D eigenvalue weighted by atomic mass is 35.5. The molecule has 17 heavy (non-hydrogen) atoms. The van der Waals surface area contributed by atoms with E-state index >= 15 is 0 Å². The fourth-order valence-electron chi connectivity index (χ4n) is 3.32. The molecule has 1 heterocycles. The Hall–Kier alpha value is -0.600. The maximum absolute atomic E-state index is 12.9. The summed E-state index contributed by atoms with van der Waals surface area (Å²) in [5.74, 6) is 1.99. The molecule has 1 saturated carbocycles. The Morgan fingerprint density at radius 1 is 1.29 bits per heavy atom. The van der Waals surface area contributed by atoms with Crippen LogP contribution in [0.2, 0.25) is 0 Å². The zero-order chi connectivity index (χ0) is 12.0. The van der Waals surface area contributed by atoms with E-state index in [1.807, 2.05) is 19.1 Å². The van der Waals surface area contributed by atoms with Crippen LogP contribution in [0.25, 0.3) is 0 Å². The van der Waals surface area contributed by atoms with Crippen LogP contribution in [0.3, 0.4) is 0 Å². The Kier molecular flexibility index (Phi) is 2.87. The second-order valence-electron chi connectivity index (χ2n) is 5.35. The zero-order valence-corrected chi connectivity index (χ0v) is 10.7. The lowest BCUT2D eigenvalue weighted by Crippen LogP contribution is -2.33. The van der Waals surface area contributed by atoms with Gasteiger partial charge in [0.05, 0.1) is 5.50 Å². The van der Waals surface area contributed by atoms with Gasteiger partial charge in [-0.3, -0.25) is 4.90 Å². The third-order valence-corrected chi connectivity index (χ3v) is 4.67. The number of rotatable bonds is 2. The van der Waals surface area contributed by atoms with Crippen LogP contribution < -0.4 is 0 Å². The van der Waals surface area contributed by atoms with Gasteiger partial charge in [-0.15, -0.1) is 11.6 Å². The van der Waals surface area contributed by atoms with Crippen LogP contribution in [-0.2, 0) is 0 Å². The van der Waals surface area contributed by atoms with E-state index in [0.717, 1.165) is 24.9 Å². The van der Waals surface area contributed by atoms with Crippen LogP contribution in [0.15, 0.2) is 24.3 Å². The third-order valence-electron chi connectivity index (χ3n) is 4.39. The van der Waals surface area contributed by atoms with Gasteiger partial charge in [-0.05, 0) is 48.8 Å². The normalized spacial score (nSPS) is 34.2. The van der Waals surface area contributed by atoms with Gasteiger partial charge >= 0.3 is 0 Å². The molecule has 2 fully saturated rings. The number of likely N-dealkylation sites (tertiary alicyclic amines) is 1. The highest BCUT2D eigenvalue weighted by Gasteiger charge is 2.47. The lowest BCUT2D eigenvalue weighted by atomic mass is 9.64. The van der Waals surface area contributed by atoms with Crippen molar-refractivity contribution < 1.29 is 4.39 Å². The number of benzene rings is 1. The molecule has 0 N–H and O–H groups in total. The van der Waals surface area contributed by atoms with E-state index < -0.39 is 0 Å². The van der Waals surface area contributed by atoms with Gasteiger partial charge in [0.15, 0.2) is 0 Å². The van der Waals surface area contributed by atoms with E-state index in [1.165, 1.54) is 12.0 Å². The van der Waals surface area contributed by atoms with E-state index in [-0.39, 0.29) is 11.3 Å². The van der Waals surface area contributed by atoms with Crippen LogP contribution in [0, 0.1) is 17.7 Å². The van der Waals surface area contributed by atoms with E-state index in [4.69, 9.17) is 11.6 Å². The third kappa shape index (κ3) is 1.98. The predicted octanol–water partition coefficient (Wildman–Crippen LogP) is 3.45. The number of hydrogen-bond acceptors (Lipinski definition) is 1. The van der Waals surface area contributed by atoms with Gasteiger partial charge in [0.1, 0.15) is 5.82 Å². The summed E-state index contributed by atoms with van der Waals surface area (Å²) >= 11 is 6.13. The smallest absolute Gasteiger partial charge is 0.123 e. The summed E-state index contributed by atoms with van der Waals surface area (Å²) in [4.78, 5) is 2.35. The topological polar surface area (TPSA) is 3.24 Å². The fourth-order valence-corrected chi connectivity index (χ4v) is 3.48. The Bertz CT molecular complexity index is 403. The molecule has 0 bridgehead atoms. The Morgan fingerprint density at radius 2 is 2.00 bits per heavy atom. The van der Waals surface area contributed by atoms with Gasteiger partial charge < -0.3 is 0 Å². The van der Waals surface area contributed by atoms with E-state index in [9.17, 15) is 4.39 Å². The monoisotopic (exact) mass is 253 g/mol. The molecule has 1 aromatic rings. The molecule has 2 aliphatic rings. The van der Waals surface area contributed by atoms with Crippen LogP contribution in [0.5, 0.6) is 0 Å². The van der Waals surface area contributed by atoms with Crippen LogP contribution in [0.4, 0.5) is 4.39 Å². The summed E-state index contributed by atoms with van der Waals surface area (Å²) in [6.07, 6.45) is 1.23. The lowest BCUT2D eigenvalue weighted by molar-refractivity contribution is 0.191. The van der Waals surface area contributed by atoms with Crippen molar-refractivity contribution in [3.63, 3.8) is 0 Å². The number of nitrogens with zero attached hydrogens (tertiary/aromatic N) is 1. The first kappa shape index (κ1) is 11.5. The standard InChI is InChI=1S/C14H17ClFN/c1-9(15)17-7-11-6-13(14(11)8-17)10-2-4-12(16)5-3-10/h2-5,9,11,13-14H,6-8H2,1H3/t9?,11-,13-,14+/m1/s1. The Morgan fingerprint density at radius 3 is 2.65 bits per heavy atom. The molecule has 0 amide bonds. The van der Waals surface area contributed by atoms with Crippen molar-refractivity contribution in [3.8, 4) is 0 Å². The molecule has 1 aromatic carbocycles. The molecule has 0 aromatic heterocycles. The van der Waals surface area contributed by atoms with Crippen molar-refractivity contribution in [2.75, 3.05) is 13.1 Å². The zero-order valence-electron chi connectivity index (χ0n) is 9.94. The van der Waals surface area contributed by atoms with Gasteiger partial charge in [0, 0.05) is 13.1 Å². The first-order valence-electron chi connectivity index (χ1n) is 6.28. The predicted molar refractivity (Wildman–Crippen MR) is 67.6 cm³/mol. The summed E-state index contributed by atoms with van der Waals surface area (Å²) in [6, 6.07) is 7.01. The summed E-state index contributed by atoms with van der Waals surface area (Å²) in [5.41, 5.74) is 1.42. The van der Waals surface area contributed by atoms with Gasteiger partial charge in [-0.1, -0.05) is 12.1 Å². The maximum Gasteiger partial charge on any atom is 0.123 e. The SMILES string of the molecule is CC(Cl)N1C[C@H]2C[C@H](c3ccc(F)cc3)[C@H]2C1. The molecular formula is C14H17ClFN.